The van der Waals surface area contributed by atoms with Gasteiger partial charge in [0.1, 0.15) is 5.60 Å². The standard InChI is InChI=1S/C47H54N6O4/c1-5-30-50-43(55)52(32-38-26-22-36(3)23-27-38)48-45(50,34-54)46(49-53(44(56)51(46)31-6-2)33-39-28-24-37(4)25-29-39)35-57-47(40-16-10-7-11-17-40,41-18-12-8-13-19-41)42-20-14-9-15-21-42/h7-29,48-49,54H,5-6,30-35H2,1-4H3. The summed E-state index contributed by atoms with van der Waals surface area (Å²) in [6.07, 6.45) is 1.23. The average molecular weight is 767 g/mol. The van der Waals surface area contributed by atoms with E-state index >= 15 is 0 Å². The minimum absolute atomic E-state index is 0.138. The van der Waals surface area contributed by atoms with Crippen molar-refractivity contribution in [2.45, 2.75) is 70.6 Å². The molecule has 5 aromatic carbocycles. The van der Waals surface area contributed by atoms with Gasteiger partial charge in [0.15, 0.2) is 11.3 Å². The first kappa shape index (κ1) is 39.7. The van der Waals surface area contributed by atoms with Crippen LogP contribution in [0.2, 0.25) is 0 Å². The Morgan fingerprint density at radius 2 is 0.930 bits per heavy atom. The molecule has 2 saturated heterocycles. The van der Waals surface area contributed by atoms with Crippen molar-refractivity contribution in [3.05, 3.63) is 178 Å². The Morgan fingerprint density at radius 3 is 1.30 bits per heavy atom. The summed E-state index contributed by atoms with van der Waals surface area (Å²) in [6.45, 7) is 8.56. The van der Waals surface area contributed by atoms with E-state index in [0.29, 0.717) is 25.9 Å². The van der Waals surface area contributed by atoms with E-state index in [2.05, 4.69) is 47.2 Å². The van der Waals surface area contributed by atoms with Gasteiger partial charge in [0.25, 0.3) is 0 Å². The summed E-state index contributed by atoms with van der Waals surface area (Å²) in [7, 11) is 0. The van der Waals surface area contributed by atoms with Crippen LogP contribution in [0.25, 0.3) is 0 Å². The molecule has 5 aromatic rings. The second-order valence-electron chi connectivity index (χ2n) is 15.2. The van der Waals surface area contributed by atoms with E-state index in [9.17, 15) is 14.7 Å². The maximum Gasteiger partial charge on any atom is 0.336 e. The zero-order valence-electron chi connectivity index (χ0n) is 33.4. The predicted molar refractivity (Wildman–Crippen MR) is 222 cm³/mol. The smallest absolute Gasteiger partial charge is 0.336 e. The Morgan fingerprint density at radius 1 is 0.561 bits per heavy atom. The number of nitrogens with zero attached hydrogens (tertiary/aromatic N) is 4. The number of carbonyl (C=O) groups excluding carboxylic acids is 2. The van der Waals surface area contributed by atoms with Crippen LogP contribution in [0.3, 0.4) is 0 Å². The third-order valence-electron chi connectivity index (χ3n) is 11.3. The van der Waals surface area contributed by atoms with Gasteiger partial charge in [-0.15, -0.1) is 0 Å². The fraction of sp³-hybridized carbons (Fsp3) is 0.319. The van der Waals surface area contributed by atoms with E-state index in [-0.39, 0.29) is 31.8 Å². The van der Waals surface area contributed by atoms with Gasteiger partial charge in [0.2, 0.25) is 0 Å². The molecule has 2 unspecified atom stereocenters. The minimum Gasteiger partial charge on any atom is -0.392 e. The quantitative estimate of drug-likeness (QED) is 0.0891. The second-order valence-corrected chi connectivity index (χ2v) is 15.2. The lowest BCUT2D eigenvalue weighted by Crippen LogP contribution is -2.81. The van der Waals surface area contributed by atoms with Gasteiger partial charge in [-0.3, -0.25) is 19.8 Å². The number of benzene rings is 5. The molecule has 0 aliphatic carbocycles. The molecule has 0 saturated carbocycles. The fourth-order valence-corrected chi connectivity index (χ4v) is 8.36. The summed E-state index contributed by atoms with van der Waals surface area (Å²) in [5, 5.41) is 15.2. The summed E-state index contributed by atoms with van der Waals surface area (Å²) in [5.74, 6) is 0. The molecule has 7 rings (SSSR count). The molecule has 0 spiro atoms. The summed E-state index contributed by atoms with van der Waals surface area (Å²) in [6, 6.07) is 45.8. The Labute approximate surface area is 336 Å². The van der Waals surface area contributed by atoms with Gasteiger partial charge in [-0.2, -0.15) is 10.9 Å². The third-order valence-corrected chi connectivity index (χ3v) is 11.3. The van der Waals surface area contributed by atoms with E-state index in [0.717, 1.165) is 38.9 Å². The van der Waals surface area contributed by atoms with Crippen LogP contribution in [0, 0.1) is 13.8 Å². The number of nitrogens with one attached hydrogen (secondary N) is 2. The number of aryl methyl sites for hydroxylation is 2. The Bertz CT molecular complexity index is 2010. The van der Waals surface area contributed by atoms with Crippen molar-refractivity contribution in [2.75, 3.05) is 26.3 Å². The largest absolute Gasteiger partial charge is 0.392 e. The number of hydrogen-bond donors (Lipinski definition) is 3. The Balaban J connectivity index is 1.43. The first-order chi connectivity index (χ1) is 27.7. The van der Waals surface area contributed by atoms with E-state index in [1.165, 1.54) is 0 Å². The highest BCUT2D eigenvalue weighted by Crippen LogP contribution is 2.45. The highest BCUT2D eigenvalue weighted by atomic mass is 16.5. The molecular formula is C47H54N6O4. The number of amides is 4. The zero-order valence-corrected chi connectivity index (χ0v) is 33.4. The number of urea groups is 2. The fourth-order valence-electron chi connectivity index (χ4n) is 8.36. The molecule has 10 nitrogen and oxygen atoms in total. The van der Waals surface area contributed by atoms with E-state index in [1.807, 2.05) is 131 Å². The van der Waals surface area contributed by atoms with Crippen LogP contribution in [0.4, 0.5) is 9.59 Å². The van der Waals surface area contributed by atoms with E-state index in [4.69, 9.17) is 4.74 Å². The molecule has 2 aliphatic rings. The van der Waals surface area contributed by atoms with Gasteiger partial charge in [0.05, 0.1) is 26.3 Å². The first-order valence-corrected chi connectivity index (χ1v) is 20.0. The van der Waals surface area contributed by atoms with Crippen molar-refractivity contribution in [2.24, 2.45) is 0 Å². The van der Waals surface area contributed by atoms with Crippen molar-refractivity contribution < 1.29 is 19.4 Å². The van der Waals surface area contributed by atoms with Crippen LogP contribution in [0.1, 0.15) is 65.6 Å². The van der Waals surface area contributed by atoms with E-state index < -0.39 is 23.5 Å². The monoisotopic (exact) mass is 766 g/mol. The topological polar surface area (TPSA) is 101 Å². The maximum absolute atomic E-state index is 15.0. The second kappa shape index (κ2) is 16.9. The van der Waals surface area contributed by atoms with Crippen LogP contribution in [-0.4, -0.2) is 74.6 Å². The SMILES string of the molecule is CCCN1C(=O)N(Cc2ccc(C)cc2)NC1(CO)C1(COC(c2ccccc2)(c2ccccc2)c2ccccc2)NN(Cc2ccc(C)cc2)C(=O)N1CCC. The molecular weight excluding hydrogens is 713 g/mol. The van der Waals surface area contributed by atoms with Crippen molar-refractivity contribution in [1.29, 1.82) is 0 Å². The molecule has 0 bridgehead atoms. The molecule has 4 amide bonds. The lowest BCUT2D eigenvalue weighted by molar-refractivity contribution is -0.145. The van der Waals surface area contributed by atoms with Crippen LogP contribution in [0.15, 0.2) is 140 Å². The van der Waals surface area contributed by atoms with Crippen molar-refractivity contribution in [1.82, 2.24) is 30.7 Å². The molecule has 296 valence electrons. The van der Waals surface area contributed by atoms with Gasteiger partial charge < -0.3 is 9.84 Å². The number of aliphatic hydroxyl groups excluding tert-OH is 1. The molecule has 2 heterocycles. The van der Waals surface area contributed by atoms with Crippen LogP contribution in [0.5, 0.6) is 0 Å². The molecule has 57 heavy (non-hydrogen) atoms. The minimum atomic E-state index is -1.58. The van der Waals surface area contributed by atoms with Crippen molar-refractivity contribution in [3.8, 4) is 0 Å². The van der Waals surface area contributed by atoms with Crippen molar-refractivity contribution >= 4 is 12.1 Å². The third kappa shape index (κ3) is 7.30. The summed E-state index contributed by atoms with van der Waals surface area (Å²) >= 11 is 0. The van der Waals surface area contributed by atoms with Crippen LogP contribution >= 0.6 is 0 Å². The number of hydrogen-bond acceptors (Lipinski definition) is 6. The molecule has 0 aromatic heterocycles. The number of hydrazine groups is 2. The number of ether oxygens (including phenoxy) is 1. The average Bonchev–Trinajstić information content (AvgIpc) is 3.67. The number of rotatable bonds is 16. The molecule has 2 aliphatic heterocycles. The van der Waals surface area contributed by atoms with Crippen LogP contribution in [-0.2, 0) is 23.4 Å². The molecule has 0 radical (unpaired) electrons. The molecule has 3 N–H and O–H groups in total. The lowest BCUT2D eigenvalue weighted by atomic mass is 9.79. The maximum atomic E-state index is 15.0. The van der Waals surface area contributed by atoms with Gasteiger partial charge in [0, 0.05) is 13.1 Å². The summed E-state index contributed by atoms with van der Waals surface area (Å²) in [4.78, 5) is 33.2. The Kier molecular flexibility index (Phi) is 11.8. The molecule has 10 heteroatoms. The first-order valence-electron chi connectivity index (χ1n) is 20.0. The summed E-state index contributed by atoms with van der Waals surface area (Å²) < 4.78 is 7.59. The van der Waals surface area contributed by atoms with Crippen LogP contribution < -0.4 is 10.9 Å². The Hall–Kier alpha value is -5.52. The number of carbonyl (C=O) groups is 2. The molecule has 2 fully saturated rings. The molecule has 2 atom stereocenters. The zero-order chi connectivity index (χ0) is 40.0. The van der Waals surface area contributed by atoms with E-state index in [1.54, 1.807) is 19.8 Å². The van der Waals surface area contributed by atoms with Crippen molar-refractivity contribution in [3.63, 3.8) is 0 Å². The van der Waals surface area contributed by atoms with Gasteiger partial charge >= 0.3 is 12.1 Å². The lowest BCUT2D eigenvalue weighted by Gasteiger charge is -2.52. The number of aliphatic hydroxyl groups is 1. The highest BCUT2D eigenvalue weighted by Gasteiger charge is 2.69. The summed E-state index contributed by atoms with van der Waals surface area (Å²) in [5.41, 5.74) is 9.68. The van der Waals surface area contributed by atoms with Gasteiger partial charge in [-0.05, 0) is 54.5 Å². The highest BCUT2D eigenvalue weighted by molar-refractivity contribution is 5.81. The van der Waals surface area contributed by atoms with Gasteiger partial charge in [-0.25, -0.2) is 9.59 Å². The normalized spacial score (nSPS) is 19.9. The van der Waals surface area contributed by atoms with Gasteiger partial charge in [-0.1, -0.05) is 165 Å². The predicted octanol–water partition coefficient (Wildman–Crippen LogP) is 7.70.